The predicted molar refractivity (Wildman–Crippen MR) is 74.4 cm³/mol. The molecule has 1 rings (SSSR count). The largest absolute Gasteiger partial charge is 0.490 e. The number of hydrogen-bond donors (Lipinski definition) is 2. The van der Waals surface area contributed by atoms with Crippen LogP contribution in [0.2, 0.25) is 0 Å². The maximum atomic E-state index is 11.8. The smallest absolute Gasteiger partial charge is 0.217 e. The molecule has 0 amide bonds. The summed E-state index contributed by atoms with van der Waals surface area (Å²) in [7, 11) is -2.00. The van der Waals surface area contributed by atoms with Gasteiger partial charge in [-0.25, -0.2) is 12.7 Å². The van der Waals surface area contributed by atoms with Crippen LogP contribution >= 0.6 is 0 Å². The standard InChI is InChI=1S/C12H20N2O4S/c1-10(15)9-14(2)19(16,17)8-7-18-12-6-4-3-5-11(12)13/h3-6,10,15H,7-9,13H2,1-2H3. The van der Waals surface area contributed by atoms with Crippen molar-refractivity contribution in [1.29, 1.82) is 0 Å². The van der Waals surface area contributed by atoms with E-state index >= 15 is 0 Å². The molecule has 0 radical (unpaired) electrons. The first-order chi connectivity index (χ1) is 8.83. The summed E-state index contributed by atoms with van der Waals surface area (Å²) in [5.41, 5.74) is 6.15. The third kappa shape index (κ3) is 5.06. The Balaban J connectivity index is 2.50. The number of likely N-dealkylation sites (N-methyl/N-ethyl adjacent to an activating group) is 1. The van der Waals surface area contributed by atoms with Crippen LogP contribution in [0.1, 0.15) is 6.92 Å². The second-order valence-electron chi connectivity index (χ2n) is 4.33. The lowest BCUT2D eigenvalue weighted by Crippen LogP contribution is -2.36. The van der Waals surface area contributed by atoms with E-state index in [0.717, 1.165) is 4.31 Å². The van der Waals surface area contributed by atoms with E-state index in [1.807, 2.05) is 0 Å². The number of anilines is 1. The van der Waals surface area contributed by atoms with E-state index in [1.54, 1.807) is 24.3 Å². The molecule has 1 aromatic rings. The van der Waals surface area contributed by atoms with Gasteiger partial charge in [0.2, 0.25) is 10.0 Å². The Hall–Kier alpha value is -1.31. The molecule has 19 heavy (non-hydrogen) atoms. The lowest BCUT2D eigenvalue weighted by molar-refractivity contribution is 0.171. The van der Waals surface area contributed by atoms with Gasteiger partial charge in [-0.1, -0.05) is 12.1 Å². The van der Waals surface area contributed by atoms with Gasteiger partial charge in [-0.3, -0.25) is 0 Å². The van der Waals surface area contributed by atoms with E-state index in [1.165, 1.54) is 14.0 Å². The molecule has 3 N–H and O–H groups in total. The minimum Gasteiger partial charge on any atom is -0.490 e. The van der Waals surface area contributed by atoms with Gasteiger partial charge in [0.15, 0.2) is 0 Å². The SMILES string of the molecule is CC(O)CN(C)S(=O)(=O)CCOc1ccccc1N. The first-order valence-corrected chi connectivity index (χ1v) is 7.53. The van der Waals surface area contributed by atoms with Crippen LogP contribution in [-0.2, 0) is 10.0 Å². The molecule has 108 valence electrons. The molecule has 0 aliphatic rings. The number of nitrogen functional groups attached to an aromatic ring is 1. The zero-order chi connectivity index (χ0) is 14.5. The first kappa shape index (κ1) is 15.7. The number of sulfonamides is 1. The number of aliphatic hydroxyl groups excluding tert-OH is 1. The molecule has 0 aliphatic heterocycles. The van der Waals surface area contributed by atoms with Gasteiger partial charge in [0, 0.05) is 13.6 Å². The lowest BCUT2D eigenvalue weighted by Gasteiger charge is -2.18. The van der Waals surface area contributed by atoms with E-state index < -0.39 is 16.1 Å². The van der Waals surface area contributed by atoms with Crippen molar-refractivity contribution in [1.82, 2.24) is 4.31 Å². The summed E-state index contributed by atoms with van der Waals surface area (Å²) in [4.78, 5) is 0. The Morgan fingerprint density at radius 2 is 2.05 bits per heavy atom. The van der Waals surface area contributed by atoms with Crippen molar-refractivity contribution in [3.63, 3.8) is 0 Å². The number of benzene rings is 1. The molecule has 0 saturated heterocycles. The Labute approximate surface area is 113 Å². The van der Waals surface area contributed by atoms with Gasteiger partial charge in [0.25, 0.3) is 0 Å². The normalized spacial score (nSPS) is 13.5. The average Bonchev–Trinajstić information content (AvgIpc) is 2.30. The van der Waals surface area contributed by atoms with Gasteiger partial charge in [-0.2, -0.15) is 0 Å². The predicted octanol–water partition coefficient (Wildman–Crippen LogP) is 0.290. The van der Waals surface area contributed by atoms with Crippen LogP contribution in [0.5, 0.6) is 5.75 Å². The molecule has 0 heterocycles. The van der Waals surface area contributed by atoms with E-state index in [0.29, 0.717) is 11.4 Å². The molecule has 0 bridgehead atoms. The highest BCUT2D eigenvalue weighted by Gasteiger charge is 2.19. The van der Waals surface area contributed by atoms with Crippen LogP contribution < -0.4 is 10.5 Å². The van der Waals surface area contributed by atoms with Crippen molar-refractivity contribution in [2.75, 3.05) is 31.7 Å². The van der Waals surface area contributed by atoms with Gasteiger partial charge in [0.1, 0.15) is 12.4 Å². The first-order valence-electron chi connectivity index (χ1n) is 5.92. The number of aliphatic hydroxyl groups is 1. The summed E-state index contributed by atoms with van der Waals surface area (Å²) in [6.45, 7) is 1.61. The maximum Gasteiger partial charge on any atom is 0.217 e. The summed E-state index contributed by atoms with van der Waals surface area (Å²) in [6.07, 6.45) is -0.703. The third-order valence-electron chi connectivity index (χ3n) is 2.51. The van der Waals surface area contributed by atoms with Gasteiger partial charge in [-0.05, 0) is 19.1 Å². The second-order valence-corrected chi connectivity index (χ2v) is 6.53. The molecule has 7 heteroatoms. The van der Waals surface area contributed by atoms with Crippen molar-refractivity contribution in [2.24, 2.45) is 0 Å². The average molecular weight is 288 g/mol. The summed E-state index contributed by atoms with van der Waals surface area (Å²) < 4.78 is 30.1. The highest BCUT2D eigenvalue weighted by atomic mass is 32.2. The molecule has 0 spiro atoms. The molecule has 1 unspecified atom stereocenters. The number of nitrogens with two attached hydrogens (primary N) is 1. The number of ether oxygens (including phenoxy) is 1. The van der Waals surface area contributed by atoms with E-state index in [2.05, 4.69) is 0 Å². The Morgan fingerprint density at radius 1 is 1.42 bits per heavy atom. The van der Waals surface area contributed by atoms with E-state index in [9.17, 15) is 13.5 Å². The fourth-order valence-corrected chi connectivity index (χ4v) is 2.56. The number of nitrogens with zero attached hydrogens (tertiary/aromatic N) is 1. The topological polar surface area (TPSA) is 92.9 Å². The summed E-state index contributed by atoms with van der Waals surface area (Å²) in [5, 5.41) is 9.17. The molecule has 0 aliphatic carbocycles. The second kappa shape index (κ2) is 6.74. The molecule has 1 aromatic carbocycles. The van der Waals surface area contributed by atoms with Gasteiger partial charge < -0.3 is 15.6 Å². The van der Waals surface area contributed by atoms with E-state index in [-0.39, 0.29) is 18.9 Å². The van der Waals surface area contributed by atoms with Crippen LogP contribution in [0.3, 0.4) is 0 Å². The minimum absolute atomic E-state index is 0.0146. The fraction of sp³-hybridized carbons (Fsp3) is 0.500. The Kier molecular flexibility index (Phi) is 5.59. The van der Waals surface area contributed by atoms with Crippen molar-refractivity contribution in [3.8, 4) is 5.75 Å². The lowest BCUT2D eigenvalue weighted by atomic mass is 10.3. The maximum absolute atomic E-state index is 11.8. The van der Waals surface area contributed by atoms with E-state index in [4.69, 9.17) is 10.5 Å². The zero-order valence-corrected chi connectivity index (χ0v) is 11.9. The van der Waals surface area contributed by atoms with Crippen molar-refractivity contribution >= 4 is 15.7 Å². The minimum atomic E-state index is -3.43. The summed E-state index contributed by atoms with van der Waals surface area (Å²) >= 11 is 0. The molecule has 0 fully saturated rings. The van der Waals surface area contributed by atoms with Crippen LogP contribution in [-0.4, -0.2) is 49.9 Å². The fourth-order valence-electron chi connectivity index (χ4n) is 1.51. The van der Waals surface area contributed by atoms with Crippen molar-refractivity contribution < 1.29 is 18.3 Å². The number of hydrogen-bond acceptors (Lipinski definition) is 5. The van der Waals surface area contributed by atoms with Gasteiger partial charge in [-0.15, -0.1) is 0 Å². The Bertz CT molecular complexity index is 502. The quantitative estimate of drug-likeness (QED) is 0.703. The van der Waals surface area contributed by atoms with Crippen molar-refractivity contribution in [3.05, 3.63) is 24.3 Å². The molecular weight excluding hydrogens is 268 g/mol. The van der Waals surface area contributed by atoms with Gasteiger partial charge in [0.05, 0.1) is 17.5 Å². The van der Waals surface area contributed by atoms with Crippen LogP contribution in [0.4, 0.5) is 5.69 Å². The molecule has 1 atom stereocenters. The monoisotopic (exact) mass is 288 g/mol. The van der Waals surface area contributed by atoms with Gasteiger partial charge >= 0.3 is 0 Å². The van der Waals surface area contributed by atoms with Crippen LogP contribution in [0.25, 0.3) is 0 Å². The molecule has 0 aromatic heterocycles. The van der Waals surface area contributed by atoms with Crippen LogP contribution in [0.15, 0.2) is 24.3 Å². The highest BCUT2D eigenvalue weighted by Crippen LogP contribution is 2.19. The third-order valence-corrected chi connectivity index (χ3v) is 4.30. The summed E-state index contributed by atoms with van der Waals surface area (Å²) in [5.74, 6) is 0.306. The Morgan fingerprint density at radius 3 is 2.63 bits per heavy atom. The highest BCUT2D eigenvalue weighted by molar-refractivity contribution is 7.89. The van der Waals surface area contributed by atoms with Crippen LogP contribution in [0, 0.1) is 0 Å². The number of rotatable bonds is 7. The van der Waals surface area contributed by atoms with Crippen molar-refractivity contribution in [2.45, 2.75) is 13.0 Å². The summed E-state index contributed by atoms with van der Waals surface area (Å²) in [6, 6.07) is 6.90. The molecule has 6 nitrogen and oxygen atoms in total. The molecule has 0 saturated carbocycles. The molecular formula is C12H20N2O4S. The zero-order valence-electron chi connectivity index (χ0n) is 11.1. The number of para-hydroxylation sites is 2.